The molecule has 1 N–H and O–H groups in total. The standard InChI is InChI=1S/C19H15FN6OS/c20-15-5-3-13(4-6-15)10-22-18(27)12-28-19-24-23-17-8-7-16(25-26(17)19)14-2-1-9-21-11-14/h1-9,11H,10,12H2,(H,22,27). The van der Waals surface area contributed by atoms with Gasteiger partial charge in [0, 0.05) is 24.5 Å². The first-order valence-electron chi connectivity index (χ1n) is 8.46. The first kappa shape index (κ1) is 18.1. The first-order valence-corrected chi connectivity index (χ1v) is 9.44. The lowest BCUT2D eigenvalue weighted by molar-refractivity contribution is -0.118. The fourth-order valence-electron chi connectivity index (χ4n) is 2.51. The summed E-state index contributed by atoms with van der Waals surface area (Å²) >= 11 is 1.25. The Morgan fingerprint density at radius 2 is 1.96 bits per heavy atom. The Kier molecular flexibility index (Phi) is 5.24. The van der Waals surface area contributed by atoms with Crippen molar-refractivity contribution in [3.05, 3.63) is 72.3 Å². The highest BCUT2D eigenvalue weighted by molar-refractivity contribution is 7.99. The Hall–Kier alpha value is -3.33. The largest absolute Gasteiger partial charge is 0.351 e. The van der Waals surface area contributed by atoms with Crippen LogP contribution in [-0.4, -0.2) is 36.5 Å². The molecule has 0 saturated heterocycles. The number of pyridine rings is 1. The molecule has 0 atom stereocenters. The average Bonchev–Trinajstić information content (AvgIpc) is 3.15. The summed E-state index contributed by atoms with van der Waals surface area (Å²) in [7, 11) is 0. The van der Waals surface area contributed by atoms with Gasteiger partial charge < -0.3 is 5.32 Å². The molecule has 0 unspecified atom stereocenters. The maximum absolute atomic E-state index is 12.9. The molecule has 3 aromatic heterocycles. The molecule has 0 fully saturated rings. The van der Waals surface area contributed by atoms with E-state index in [1.54, 1.807) is 29.0 Å². The van der Waals surface area contributed by atoms with Crippen LogP contribution < -0.4 is 5.32 Å². The van der Waals surface area contributed by atoms with E-state index in [0.717, 1.165) is 16.8 Å². The van der Waals surface area contributed by atoms with Gasteiger partial charge in [-0.05, 0) is 42.0 Å². The highest BCUT2D eigenvalue weighted by Gasteiger charge is 2.11. The molecule has 7 nitrogen and oxygen atoms in total. The molecule has 0 aliphatic rings. The fourth-order valence-corrected chi connectivity index (χ4v) is 3.23. The van der Waals surface area contributed by atoms with Crippen LogP contribution in [0.25, 0.3) is 16.9 Å². The number of nitrogens with one attached hydrogen (secondary N) is 1. The second kappa shape index (κ2) is 8.13. The minimum absolute atomic E-state index is 0.158. The predicted octanol–water partition coefficient (Wildman–Crippen LogP) is 2.73. The van der Waals surface area contributed by atoms with Gasteiger partial charge in [0.05, 0.1) is 11.4 Å². The summed E-state index contributed by atoms with van der Waals surface area (Å²) in [5.41, 5.74) is 3.05. The van der Waals surface area contributed by atoms with E-state index in [2.05, 4.69) is 25.6 Å². The van der Waals surface area contributed by atoms with Gasteiger partial charge in [-0.15, -0.1) is 10.2 Å². The predicted molar refractivity (Wildman–Crippen MR) is 103 cm³/mol. The molecular formula is C19H15FN6OS. The topological polar surface area (TPSA) is 85.1 Å². The van der Waals surface area contributed by atoms with Crippen molar-refractivity contribution in [2.24, 2.45) is 0 Å². The molecule has 0 aliphatic heterocycles. The highest BCUT2D eigenvalue weighted by atomic mass is 32.2. The first-order chi connectivity index (χ1) is 13.7. The van der Waals surface area contributed by atoms with E-state index in [-0.39, 0.29) is 17.5 Å². The Morgan fingerprint density at radius 1 is 1.11 bits per heavy atom. The van der Waals surface area contributed by atoms with Crippen molar-refractivity contribution in [2.45, 2.75) is 11.7 Å². The lowest BCUT2D eigenvalue weighted by Crippen LogP contribution is -2.24. The molecule has 0 bridgehead atoms. The number of rotatable bonds is 6. The number of benzene rings is 1. The zero-order valence-electron chi connectivity index (χ0n) is 14.6. The molecule has 3 heterocycles. The lowest BCUT2D eigenvalue weighted by atomic mass is 10.2. The SMILES string of the molecule is O=C(CSc1nnc2ccc(-c3cccnc3)nn12)NCc1ccc(F)cc1. The Labute approximate surface area is 164 Å². The molecule has 4 rings (SSSR count). The Balaban J connectivity index is 1.41. The van der Waals surface area contributed by atoms with Gasteiger partial charge in [-0.1, -0.05) is 23.9 Å². The second-order valence-electron chi connectivity index (χ2n) is 5.90. The summed E-state index contributed by atoms with van der Waals surface area (Å²) in [6.07, 6.45) is 3.43. The van der Waals surface area contributed by atoms with E-state index in [1.807, 2.05) is 24.3 Å². The molecule has 140 valence electrons. The molecule has 0 aliphatic carbocycles. The summed E-state index contributed by atoms with van der Waals surface area (Å²) in [6.45, 7) is 0.337. The maximum atomic E-state index is 12.9. The maximum Gasteiger partial charge on any atom is 0.230 e. The monoisotopic (exact) mass is 394 g/mol. The van der Waals surface area contributed by atoms with Crippen LogP contribution in [0.3, 0.4) is 0 Å². The molecule has 0 saturated carbocycles. The Morgan fingerprint density at radius 3 is 2.75 bits per heavy atom. The van der Waals surface area contributed by atoms with Crippen molar-refractivity contribution < 1.29 is 9.18 Å². The van der Waals surface area contributed by atoms with Crippen LogP contribution in [0, 0.1) is 5.82 Å². The fraction of sp³-hybridized carbons (Fsp3) is 0.105. The van der Waals surface area contributed by atoms with Crippen molar-refractivity contribution in [1.29, 1.82) is 0 Å². The second-order valence-corrected chi connectivity index (χ2v) is 6.85. The van der Waals surface area contributed by atoms with E-state index >= 15 is 0 Å². The summed E-state index contributed by atoms with van der Waals surface area (Å²) in [5.74, 6) is -0.294. The van der Waals surface area contributed by atoms with Gasteiger partial charge in [-0.25, -0.2) is 4.39 Å². The number of thioether (sulfide) groups is 1. The van der Waals surface area contributed by atoms with Gasteiger partial charge in [0.25, 0.3) is 0 Å². The third-order valence-corrected chi connectivity index (χ3v) is 4.85. The number of hydrogen-bond donors (Lipinski definition) is 1. The molecule has 4 aromatic rings. The van der Waals surface area contributed by atoms with E-state index in [1.165, 1.54) is 23.9 Å². The van der Waals surface area contributed by atoms with Gasteiger partial charge >= 0.3 is 0 Å². The van der Waals surface area contributed by atoms with Crippen LogP contribution >= 0.6 is 11.8 Å². The molecular weight excluding hydrogens is 379 g/mol. The van der Waals surface area contributed by atoms with Gasteiger partial charge in [0.2, 0.25) is 11.1 Å². The van der Waals surface area contributed by atoms with Crippen LogP contribution in [0.5, 0.6) is 0 Å². The van der Waals surface area contributed by atoms with Crippen molar-refractivity contribution in [1.82, 2.24) is 30.1 Å². The van der Waals surface area contributed by atoms with Crippen molar-refractivity contribution in [3.8, 4) is 11.3 Å². The average molecular weight is 394 g/mol. The summed E-state index contributed by atoms with van der Waals surface area (Å²) < 4.78 is 14.5. The molecule has 28 heavy (non-hydrogen) atoms. The van der Waals surface area contributed by atoms with Crippen molar-refractivity contribution >= 4 is 23.3 Å². The Bertz CT molecular complexity index is 1100. The van der Waals surface area contributed by atoms with Gasteiger partial charge in [0.1, 0.15) is 5.82 Å². The smallest absolute Gasteiger partial charge is 0.230 e. The number of amides is 1. The third-order valence-electron chi connectivity index (χ3n) is 3.93. The normalized spacial score (nSPS) is 10.9. The van der Waals surface area contributed by atoms with Gasteiger partial charge in [0.15, 0.2) is 5.65 Å². The minimum atomic E-state index is -0.303. The molecule has 1 aromatic carbocycles. The van der Waals surface area contributed by atoms with E-state index < -0.39 is 0 Å². The number of halogens is 1. The van der Waals surface area contributed by atoms with Crippen LogP contribution in [0.4, 0.5) is 4.39 Å². The van der Waals surface area contributed by atoms with Crippen LogP contribution in [0.1, 0.15) is 5.56 Å². The van der Waals surface area contributed by atoms with E-state index in [0.29, 0.717) is 17.3 Å². The van der Waals surface area contributed by atoms with Crippen LogP contribution in [-0.2, 0) is 11.3 Å². The van der Waals surface area contributed by atoms with Gasteiger partial charge in [-0.2, -0.15) is 9.61 Å². The van der Waals surface area contributed by atoms with Crippen molar-refractivity contribution in [3.63, 3.8) is 0 Å². The summed E-state index contributed by atoms with van der Waals surface area (Å²) in [5, 5.41) is 16.1. The minimum Gasteiger partial charge on any atom is -0.351 e. The van der Waals surface area contributed by atoms with E-state index in [9.17, 15) is 9.18 Å². The zero-order chi connectivity index (χ0) is 19.3. The van der Waals surface area contributed by atoms with Crippen LogP contribution in [0.2, 0.25) is 0 Å². The number of nitrogens with zero attached hydrogens (tertiary/aromatic N) is 5. The summed E-state index contributed by atoms with van der Waals surface area (Å²) in [6, 6.07) is 13.4. The third kappa shape index (κ3) is 4.15. The molecule has 0 radical (unpaired) electrons. The van der Waals surface area contributed by atoms with E-state index in [4.69, 9.17) is 0 Å². The highest BCUT2D eigenvalue weighted by Crippen LogP contribution is 2.19. The summed E-state index contributed by atoms with van der Waals surface area (Å²) in [4.78, 5) is 16.2. The number of fused-ring (bicyclic) bond motifs is 1. The van der Waals surface area contributed by atoms with Crippen molar-refractivity contribution in [2.75, 3.05) is 5.75 Å². The molecule has 0 spiro atoms. The number of carbonyl (C=O) groups excluding carboxylic acids is 1. The lowest BCUT2D eigenvalue weighted by Gasteiger charge is -2.05. The quantitative estimate of drug-likeness (QED) is 0.506. The van der Waals surface area contributed by atoms with Crippen LogP contribution in [0.15, 0.2) is 66.1 Å². The zero-order valence-corrected chi connectivity index (χ0v) is 15.4. The molecule has 9 heteroatoms. The van der Waals surface area contributed by atoms with Gasteiger partial charge in [-0.3, -0.25) is 9.78 Å². The number of hydrogen-bond acceptors (Lipinski definition) is 6. The molecule has 1 amide bonds. The number of aromatic nitrogens is 5. The number of carbonyl (C=O) groups is 1.